The molecule has 1 spiro atoms. The molecule has 93 heavy (non-hydrogen) atoms. The van der Waals surface area contributed by atoms with Gasteiger partial charge in [-0.05, 0) is 105 Å². The van der Waals surface area contributed by atoms with Crippen LogP contribution in [-0.2, 0) is 71.8 Å². The molecule has 0 unspecified atom stereocenters. The summed E-state index contributed by atoms with van der Waals surface area (Å²) in [6, 6.07) is 1.78. The molecule has 516 valence electrons. The van der Waals surface area contributed by atoms with Gasteiger partial charge < -0.3 is 59.9 Å². The minimum absolute atomic E-state index is 0.0364. The van der Waals surface area contributed by atoms with Crippen LogP contribution >= 0.6 is 11.6 Å². The fourth-order valence-corrected chi connectivity index (χ4v) is 12.7. The van der Waals surface area contributed by atoms with E-state index in [2.05, 4.69) is 16.0 Å². The minimum Gasteiger partial charge on any atom is -0.497 e. The predicted octanol–water partition coefficient (Wildman–Crippen LogP) is 4.79. The van der Waals surface area contributed by atoms with Crippen molar-refractivity contribution in [3.63, 3.8) is 0 Å². The molecule has 0 bridgehead atoms. The zero-order valence-corrected chi connectivity index (χ0v) is 57.4. The third kappa shape index (κ3) is 19.3. The van der Waals surface area contributed by atoms with Gasteiger partial charge in [-0.15, -0.1) is 0 Å². The zero-order valence-electron chi connectivity index (χ0n) is 56.6. The Morgan fingerprint density at radius 2 is 1.26 bits per heavy atom. The van der Waals surface area contributed by atoms with Crippen LogP contribution in [0.15, 0.2) is 42.5 Å². The quantitative estimate of drug-likeness (QED) is 0.275. The number of fused-ring (bicyclic) bond motifs is 1. The number of methoxy groups -OCH3 is 1. The third-order valence-corrected chi connectivity index (χ3v) is 18.8. The molecule has 2 aromatic carbocycles. The lowest BCUT2D eigenvalue weighted by Crippen LogP contribution is -2.64. The van der Waals surface area contributed by atoms with Crippen molar-refractivity contribution in [2.75, 3.05) is 82.6 Å². The van der Waals surface area contributed by atoms with Gasteiger partial charge >= 0.3 is 6.18 Å². The van der Waals surface area contributed by atoms with Crippen molar-refractivity contribution in [3.05, 3.63) is 64.2 Å². The number of nitrogens with one attached hydrogen (secondary N) is 3. The Morgan fingerprint density at radius 3 is 1.83 bits per heavy atom. The summed E-state index contributed by atoms with van der Waals surface area (Å²) in [5.41, 5.74) is -1.73. The van der Waals surface area contributed by atoms with Gasteiger partial charge in [-0.3, -0.25) is 52.7 Å². The highest BCUT2D eigenvalue weighted by atomic mass is 35.5. The van der Waals surface area contributed by atoms with Crippen LogP contribution in [0.25, 0.3) is 0 Å². The van der Waals surface area contributed by atoms with E-state index in [1.165, 1.54) is 82.1 Å². The van der Waals surface area contributed by atoms with Crippen molar-refractivity contribution in [1.82, 2.24) is 55.1 Å². The van der Waals surface area contributed by atoms with Crippen molar-refractivity contribution in [2.45, 2.75) is 180 Å². The molecule has 1 aliphatic carbocycles. The molecule has 23 nitrogen and oxygen atoms in total. The number of rotatable bonds is 11. The van der Waals surface area contributed by atoms with Crippen molar-refractivity contribution >= 4 is 76.6 Å². The first-order chi connectivity index (χ1) is 43.5. The SMILES string of the molecule is CC[C@H](C)[C@@H]1NC(=O)[C@H](CC(C)C)N(C)C(=O)C[C@@H](C)N(C)C(=O)[C@H](C(C)C)N(C)C(=O)C2(CCCC2)NC(=O)[C@@H]2CCCN2C(=O)[C@H](CCc2ccc(C(F)(F)F)c(Cl)c2)NC(=O)CN(C)C(=O)[C@H](Cc2ccc(OC)cc2)N(C)C(=O)CN(C)C(=O)CN(C)C1=O. The van der Waals surface area contributed by atoms with Gasteiger partial charge in [0.1, 0.15) is 47.5 Å². The van der Waals surface area contributed by atoms with Gasteiger partial charge in [0.25, 0.3) is 0 Å². The molecule has 5 rings (SSSR count). The fourth-order valence-electron chi connectivity index (χ4n) is 12.4. The Hall–Kier alpha value is -7.51. The second-order valence-electron chi connectivity index (χ2n) is 26.3. The summed E-state index contributed by atoms with van der Waals surface area (Å²) < 4.78 is 46.7. The highest BCUT2D eigenvalue weighted by Gasteiger charge is 2.50. The average Bonchev–Trinajstić information content (AvgIpc) is 1.79. The molecule has 0 aromatic heterocycles. The highest BCUT2D eigenvalue weighted by Crippen LogP contribution is 2.37. The van der Waals surface area contributed by atoms with E-state index < -0.39 is 161 Å². The molecule has 2 aromatic rings. The Kier molecular flexibility index (Phi) is 27.1. The summed E-state index contributed by atoms with van der Waals surface area (Å²) in [5.74, 6) is -7.69. The normalized spacial score (nSPS) is 24.7. The van der Waals surface area contributed by atoms with Crippen LogP contribution in [0.1, 0.15) is 129 Å². The Morgan fingerprint density at radius 1 is 0.667 bits per heavy atom. The van der Waals surface area contributed by atoms with E-state index in [0.29, 0.717) is 37.0 Å². The summed E-state index contributed by atoms with van der Waals surface area (Å²) in [4.78, 5) is 170. The third-order valence-electron chi connectivity index (χ3n) is 18.5. The lowest BCUT2D eigenvalue weighted by atomic mass is 9.91. The summed E-state index contributed by atoms with van der Waals surface area (Å²) in [6.07, 6.45) is -2.84. The number of carbonyl (C=O) groups excluding carboxylic acids is 11. The zero-order chi connectivity index (χ0) is 69.7. The number of ether oxygens (including phenoxy) is 1. The average molecular weight is 1330 g/mol. The molecule has 3 fully saturated rings. The fraction of sp³-hybridized carbons (Fsp3) is 0.652. The van der Waals surface area contributed by atoms with Crippen LogP contribution in [0.2, 0.25) is 5.02 Å². The van der Waals surface area contributed by atoms with Crippen molar-refractivity contribution < 1.29 is 70.6 Å². The van der Waals surface area contributed by atoms with E-state index in [4.69, 9.17) is 16.3 Å². The van der Waals surface area contributed by atoms with Gasteiger partial charge in [-0.2, -0.15) is 13.2 Å². The number of nitrogens with zero attached hydrogens (tertiary/aromatic N) is 8. The number of amides is 11. The molecule has 11 amide bonds. The number of carbonyl (C=O) groups is 11. The first-order valence-corrected chi connectivity index (χ1v) is 32.4. The number of likely N-dealkylation sites (N-methyl/N-ethyl adjacent to an activating group) is 7. The Bertz CT molecular complexity index is 3040. The van der Waals surface area contributed by atoms with Gasteiger partial charge in [0.05, 0.1) is 37.3 Å². The first kappa shape index (κ1) is 76.2. The molecule has 2 aliphatic heterocycles. The summed E-state index contributed by atoms with van der Waals surface area (Å²) in [7, 11) is 11.4. The molecule has 1 saturated carbocycles. The van der Waals surface area contributed by atoms with Crippen LogP contribution in [0.3, 0.4) is 0 Å². The van der Waals surface area contributed by atoms with E-state index in [9.17, 15) is 56.3 Å². The number of alkyl halides is 3. The van der Waals surface area contributed by atoms with E-state index in [1.54, 1.807) is 52.0 Å². The number of halogens is 4. The number of hydrogen-bond donors (Lipinski definition) is 3. The van der Waals surface area contributed by atoms with Crippen molar-refractivity contribution in [1.29, 1.82) is 0 Å². The number of aryl methyl sites for hydroxylation is 1. The summed E-state index contributed by atoms with van der Waals surface area (Å²) >= 11 is 6.11. The van der Waals surface area contributed by atoms with Crippen LogP contribution in [0.4, 0.5) is 13.2 Å². The largest absolute Gasteiger partial charge is 0.497 e. The second-order valence-corrected chi connectivity index (χ2v) is 26.7. The van der Waals surface area contributed by atoms with E-state index >= 15 is 9.59 Å². The van der Waals surface area contributed by atoms with Gasteiger partial charge in [0, 0.05) is 74.8 Å². The lowest BCUT2D eigenvalue weighted by Gasteiger charge is -2.41. The Balaban J connectivity index is 1.58. The predicted molar refractivity (Wildman–Crippen MR) is 343 cm³/mol. The maximum Gasteiger partial charge on any atom is 0.417 e. The van der Waals surface area contributed by atoms with Crippen LogP contribution in [0.5, 0.6) is 5.75 Å². The van der Waals surface area contributed by atoms with Gasteiger partial charge in [-0.25, -0.2) is 0 Å². The van der Waals surface area contributed by atoms with Gasteiger partial charge in [-0.1, -0.05) is 90.6 Å². The van der Waals surface area contributed by atoms with Crippen molar-refractivity contribution in [3.8, 4) is 5.75 Å². The molecular weight excluding hydrogens is 1230 g/mol. The Labute approximate surface area is 550 Å². The molecule has 0 radical (unpaired) electrons. The van der Waals surface area contributed by atoms with Crippen LogP contribution in [-0.4, -0.2) is 235 Å². The minimum atomic E-state index is -4.76. The highest BCUT2D eigenvalue weighted by molar-refractivity contribution is 6.31. The van der Waals surface area contributed by atoms with Crippen LogP contribution in [0, 0.1) is 17.8 Å². The smallest absolute Gasteiger partial charge is 0.417 e. The van der Waals surface area contributed by atoms with E-state index in [0.717, 1.165) is 31.7 Å². The maximum atomic E-state index is 15.1. The van der Waals surface area contributed by atoms with Crippen molar-refractivity contribution in [2.24, 2.45) is 17.8 Å². The maximum absolute atomic E-state index is 15.1. The topological polar surface area (TPSA) is 259 Å². The molecular formula is C66H97ClF3N11O12. The molecule has 3 aliphatic rings. The molecule has 27 heteroatoms. The summed E-state index contributed by atoms with van der Waals surface area (Å²) in [6.45, 7) is 10.8. The molecule has 2 heterocycles. The lowest BCUT2D eigenvalue weighted by molar-refractivity contribution is -0.152. The first-order valence-electron chi connectivity index (χ1n) is 32.0. The monoisotopic (exact) mass is 1330 g/mol. The number of hydrogen-bond acceptors (Lipinski definition) is 12. The van der Waals surface area contributed by atoms with E-state index in [1.807, 2.05) is 20.8 Å². The van der Waals surface area contributed by atoms with E-state index in [-0.39, 0.29) is 69.4 Å². The molecule has 3 N–H and O–H groups in total. The molecule has 2 saturated heterocycles. The van der Waals surface area contributed by atoms with Gasteiger partial charge in [0.2, 0.25) is 65.0 Å². The summed E-state index contributed by atoms with van der Waals surface area (Å²) in [5, 5.41) is 8.02. The van der Waals surface area contributed by atoms with Crippen LogP contribution < -0.4 is 20.7 Å². The number of benzene rings is 2. The van der Waals surface area contributed by atoms with Gasteiger partial charge in [0.15, 0.2) is 0 Å². The second kappa shape index (κ2) is 33.1. The molecule has 8 atom stereocenters. The standard InChI is InChI=1S/C66H97ClF3N11O12/c1-16-41(6)56-62(90)76(10)37-54(84)74(8)38-55(85)79(13)51(35-44-21-25-45(93-15)26-22-44)61(89)75(9)36-52(82)71-48(28-24-43-23-27-46(47(67)34-43)66(68,69)70)60(88)81-31-19-20-49(81)59(87)73-65(29-17-18-30-65)64(92)80(14)57(40(4)5)63(91)77(11)42(7)33-53(83)78(12)50(32-39(2)3)58(86)72-56/h21-23,25-27,34,39-42,48-51,56-57H,16-20,24,28-33,35-38H2,1-15H3,(H,71,82)(H,72,86)(H,73,87)/t41-,42+,48-,49-,50-,51-,56-,57-/m0/s1.